The van der Waals surface area contributed by atoms with E-state index >= 15 is 0 Å². The predicted molar refractivity (Wildman–Crippen MR) is 119 cm³/mol. The molecule has 0 atom stereocenters. The van der Waals surface area contributed by atoms with E-state index < -0.39 is 0 Å². The van der Waals surface area contributed by atoms with Crippen molar-refractivity contribution in [1.29, 1.82) is 0 Å². The standard InChI is InChI=1S/C20H34N4.HI/c1-17(2)14-22-20(21-3)23-15-18-10-6-7-11-19(18)16-24-12-8-4-5-9-13-24;/h6-7,10-11,17H,4-5,8-9,12-16H2,1-3H3,(H2,21,22,23);1H. The lowest BCUT2D eigenvalue weighted by atomic mass is 10.1. The molecule has 4 nitrogen and oxygen atoms in total. The van der Waals surface area contributed by atoms with Crippen LogP contribution < -0.4 is 10.6 Å². The summed E-state index contributed by atoms with van der Waals surface area (Å²) in [6.45, 7) is 9.71. The number of benzene rings is 1. The molecule has 0 unspecified atom stereocenters. The van der Waals surface area contributed by atoms with Crippen molar-refractivity contribution in [3.8, 4) is 0 Å². The summed E-state index contributed by atoms with van der Waals surface area (Å²) < 4.78 is 0. The van der Waals surface area contributed by atoms with Crippen LogP contribution in [0.3, 0.4) is 0 Å². The molecule has 5 heteroatoms. The van der Waals surface area contributed by atoms with Crippen LogP contribution in [0.4, 0.5) is 0 Å². The minimum atomic E-state index is 0. The molecule has 0 saturated carbocycles. The Hall–Kier alpha value is -0.820. The van der Waals surface area contributed by atoms with Gasteiger partial charge in [0, 0.05) is 26.7 Å². The second-order valence-corrected chi connectivity index (χ2v) is 7.16. The monoisotopic (exact) mass is 458 g/mol. The molecular formula is C20H35IN4. The van der Waals surface area contributed by atoms with Crippen LogP contribution in [-0.4, -0.2) is 37.5 Å². The molecule has 1 saturated heterocycles. The maximum Gasteiger partial charge on any atom is 0.191 e. The summed E-state index contributed by atoms with van der Waals surface area (Å²) >= 11 is 0. The maximum absolute atomic E-state index is 4.32. The van der Waals surface area contributed by atoms with Crippen molar-refractivity contribution in [2.45, 2.75) is 52.6 Å². The summed E-state index contributed by atoms with van der Waals surface area (Å²) in [6.07, 6.45) is 5.45. The lowest BCUT2D eigenvalue weighted by Gasteiger charge is -2.22. The lowest BCUT2D eigenvalue weighted by molar-refractivity contribution is 0.276. The van der Waals surface area contributed by atoms with Crippen molar-refractivity contribution in [2.75, 3.05) is 26.7 Å². The van der Waals surface area contributed by atoms with E-state index in [1.807, 2.05) is 7.05 Å². The van der Waals surface area contributed by atoms with Crippen LogP contribution in [0.15, 0.2) is 29.3 Å². The number of nitrogens with one attached hydrogen (secondary N) is 2. The van der Waals surface area contributed by atoms with Gasteiger partial charge in [0.15, 0.2) is 5.96 Å². The van der Waals surface area contributed by atoms with Gasteiger partial charge in [-0.2, -0.15) is 0 Å². The van der Waals surface area contributed by atoms with Crippen LogP contribution in [0.5, 0.6) is 0 Å². The highest BCUT2D eigenvalue weighted by Crippen LogP contribution is 2.16. The molecule has 1 aromatic carbocycles. The van der Waals surface area contributed by atoms with Crippen molar-refractivity contribution in [2.24, 2.45) is 10.9 Å². The summed E-state index contributed by atoms with van der Waals surface area (Å²) in [7, 11) is 1.83. The average molecular weight is 458 g/mol. The number of halogens is 1. The van der Waals surface area contributed by atoms with Gasteiger partial charge in [-0.1, -0.05) is 51.0 Å². The van der Waals surface area contributed by atoms with Gasteiger partial charge in [-0.25, -0.2) is 0 Å². The number of rotatable bonds is 6. The van der Waals surface area contributed by atoms with Crippen LogP contribution >= 0.6 is 24.0 Å². The Morgan fingerprint density at radius 1 is 1.04 bits per heavy atom. The molecule has 0 bridgehead atoms. The first-order valence-electron chi connectivity index (χ1n) is 9.42. The fraction of sp³-hybridized carbons (Fsp3) is 0.650. The summed E-state index contributed by atoms with van der Waals surface area (Å²) in [5.74, 6) is 1.49. The Kier molecular flexibility index (Phi) is 11.1. The highest BCUT2D eigenvalue weighted by Gasteiger charge is 2.11. The van der Waals surface area contributed by atoms with Gasteiger partial charge in [-0.3, -0.25) is 9.89 Å². The summed E-state index contributed by atoms with van der Waals surface area (Å²) in [5.41, 5.74) is 2.81. The number of hydrogen-bond donors (Lipinski definition) is 2. The Morgan fingerprint density at radius 3 is 2.28 bits per heavy atom. The van der Waals surface area contributed by atoms with E-state index in [0.29, 0.717) is 5.92 Å². The number of aliphatic imine (C=N–C) groups is 1. The van der Waals surface area contributed by atoms with Gasteiger partial charge in [0.05, 0.1) is 0 Å². The second kappa shape index (κ2) is 12.5. The van der Waals surface area contributed by atoms with E-state index in [2.05, 4.69) is 58.6 Å². The van der Waals surface area contributed by atoms with Crippen LogP contribution in [0, 0.1) is 5.92 Å². The van der Waals surface area contributed by atoms with E-state index in [9.17, 15) is 0 Å². The lowest BCUT2D eigenvalue weighted by Crippen LogP contribution is -2.38. The Balaban J connectivity index is 0.00000312. The molecule has 0 radical (unpaired) electrons. The predicted octanol–water partition coefficient (Wildman–Crippen LogP) is 4.00. The van der Waals surface area contributed by atoms with Gasteiger partial charge < -0.3 is 10.6 Å². The van der Waals surface area contributed by atoms with Gasteiger partial charge in [-0.15, -0.1) is 24.0 Å². The fourth-order valence-corrected chi connectivity index (χ4v) is 3.12. The average Bonchev–Trinajstić information content (AvgIpc) is 2.85. The first-order chi connectivity index (χ1) is 11.7. The van der Waals surface area contributed by atoms with Crippen molar-refractivity contribution >= 4 is 29.9 Å². The molecule has 0 aliphatic carbocycles. The van der Waals surface area contributed by atoms with E-state index in [0.717, 1.165) is 25.6 Å². The van der Waals surface area contributed by atoms with Crippen LogP contribution in [-0.2, 0) is 13.1 Å². The quantitative estimate of drug-likeness (QED) is 0.385. The zero-order valence-electron chi connectivity index (χ0n) is 16.1. The summed E-state index contributed by atoms with van der Waals surface area (Å²) in [5, 5.41) is 6.83. The molecule has 1 fully saturated rings. The molecule has 142 valence electrons. The number of hydrogen-bond acceptors (Lipinski definition) is 2. The highest BCUT2D eigenvalue weighted by atomic mass is 127. The normalized spacial score (nSPS) is 16.2. The molecule has 25 heavy (non-hydrogen) atoms. The van der Waals surface area contributed by atoms with E-state index in [4.69, 9.17) is 0 Å². The third kappa shape index (κ3) is 8.40. The van der Waals surface area contributed by atoms with Gasteiger partial charge in [-0.05, 0) is 43.0 Å². The zero-order chi connectivity index (χ0) is 17.2. The molecule has 1 aromatic rings. The molecule has 0 amide bonds. The Morgan fingerprint density at radius 2 is 1.68 bits per heavy atom. The fourth-order valence-electron chi connectivity index (χ4n) is 3.12. The van der Waals surface area contributed by atoms with Gasteiger partial charge in [0.25, 0.3) is 0 Å². The maximum atomic E-state index is 4.32. The molecule has 1 aliphatic heterocycles. The van der Waals surface area contributed by atoms with E-state index in [-0.39, 0.29) is 24.0 Å². The SMILES string of the molecule is CN=C(NCc1ccccc1CN1CCCCCC1)NCC(C)C.I. The summed E-state index contributed by atoms with van der Waals surface area (Å²) in [6, 6.07) is 8.79. The smallest absolute Gasteiger partial charge is 0.191 e. The van der Waals surface area contributed by atoms with Crippen LogP contribution in [0.2, 0.25) is 0 Å². The van der Waals surface area contributed by atoms with Crippen molar-refractivity contribution in [1.82, 2.24) is 15.5 Å². The second-order valence-electron chi connectivity index (χ2n) is 7.16. The van der Waals surface area contributed by atoms with Gasteiger partial charge >= 0.3 is 0 Å². The zero-order valence-corrected chi connectivity index (χ0v) is 18.4. The van der Waals surface area contributed by atoms with Crippen LogP contribution in [0.1, 0.15) is 50.7 Å². The largest absolute Gasteiger partial charge is 0.356 e. The van der Waals surface area contributed by atoms with Gasteiger partial charge in [0.1, 0.15) is 0 Å². The summed E-state index contributed by atoms with van der Waals surface area (Å²) in [4.78, 5) is 6.93. The first-order valence-corrected chi connectivity index (χ1v) is 9.42. The first kappa shape index (κ1) is 22.2. The molecule has 1 heterocycles. The molecular weight excluding hydrogens is 423 g/mol. The minimum absolute atomic E-state index is 0. The minimum Gasteiger partial charge on any atom is -0.356 e. The van der Waals surface area contributed by atoms with Crippen LogP contribution in [0.25, 0.3) is 0 Å². The third-order valence-corrected chi connectivity index (χ3v) is 4.56. The van der Waals surface area contributed by atoms with Crippen molar-refractivity contribution in [3.05, 3.63) is 35.4 Å². The third-order valence-electron chi connectivity index (χ3n) is 4.56. The van der Waals surface area contributed by atoms with Gasteiger partial charge in [0.2, 0.25) is 0 Å². The highest BCUT2D eigenvalue weighted by molar-refractivity contribution is 14.0. The number of likely N-dealkylation sites (tertiary alicyclic amines) is 1. The van der Waals surface area contributed by atoms with Crippen molar-refractivity contribution in [3.63, 3.8) is 0 Å². The Bertz CT molecular complexity index is 508. The molecule has 2 rings (SSSR count). The van der Waals surface area contributed by atoms with E-state index in [1.54, 1.807) is 0 Å². The van der Waals surface area contributed by atoms with Crippen molar-refractivity contribution < 1.29 is 0 Å². The molecule has 0 spiro atoms. The Labute approximate surface area is 170 Å². The molecule has 0 aromatic heterocycles. The topological polar surface area (TPSA) is 39.7 Å². The number of nitrogens with zero attached hydrogens (tertiary/aromatic N) is 2. The van der Waals surface area contributed by atoms with E-state index in [1.165, 1.54) is 49.9 Å². The number of guanidine groups is 1. The molecule has 2 N–H and O–H groups in total. The molecule has 1 aliphatic rings.